The van der Waals surface area contributed by atoms with Crippen LogP contribution in [0, 0.1) is 0 Å². The molecule has 86 valence electrons. The summed E-state index contributed by atoms with van der Waals surface area (Å²) in [6.45, 7) is 0.797. The van der Waals surface area contributed by atoms with E-state index in [1.807, 2.05) is 48.2 Å². The van der Waals surface area contributed by atoms with Crippen LogP contribution in [0.2, 0.25) is 0 Å². The number of carbonyl (C=O) groups excluding carboxylic acids is 1. The molecule has 1 saturated heterocycles. The van der Waals surface area contributed by atoms with Gasteiger partial charge >= 0.3 is 0 Å². The summed E-state index contributed by atoms with van der Waals surface area (Å²) in [5.41, 5.74) is 2.10. The van der Waals surface area contributed by atoms with E-state index in [9.17, 15) is 4.79 Å². The number of rotatable bonds is 2. The minimum absolute atomic E-state index is 0.0180. The van der Waals surface area contributed by atoms with E-state index in [1.165, 1.54) is 0 Å². The van der Waals surface area contributed by atoms with E-state index in [0.29, 0.717) is 0 Å². The van der Waals surface area contributed by atoms with Gasteiger partial charge in [-0.1, -0.05) is 22.0 Å². The van der Waals surface area contributed by atoms with Crippen LogP contribution in [0.5, 0.6) is 0 Å². The minimum Gasteiger partial charge on any atom is -0.378 e. The van der Waals surface area contributed by atoms with Gasteiger partial charge in [-0.25, -0.2) is 0 Å². The van der Waals surface area contributed by atoms with Gasteiger partial charge in [-0.3, -0.25) is 4.79 Å². The normalized spacial score (nSPS) is 20.3. The van der Waals surface area contributed by atoms with Crippen LogP contribution < -0.4 is 9.80 Å². The molecule has 2 rings (SSSR count). The molecule has 0 aromatic heterocycles. The van der Waals surface area contributed by atoms with Crippen LogP contribution in [-0.4, -0.2) is 31.4 Å². The fourth-order valence-electron chi connectivity index (χ4n) is 1.84. The summed E-state index contributed by atoms with van der Waals surface area (Å²) in [7, 11) is 4.00. The topological polar surface area (TPSA) is 23.6 Å². The molecule has 1 aliphatic rings. The molecule has 1 fully saturated rings. The van der Waals surface area contributed by atoms with Crippen molar-refractivity contribution < 1.29 is 4.79 Å². The number of alkyl halides is 1. The van der Waals surface area contributed by atoms with E-state index >= 15 is 0 Å². The van der Waals surface area contributed by atoms with Crippen LogP contribution in [0.4, 0.5) is 11.4 Å². The first-order chi connectivity index (χ1) is 7.59. The Hall–Kier alpha value is -1.03. The number of carbonyl (C=O) groups is 1. The van der Waals surface area contributed by atoms with E-state index in [4.69, 9.17) is 0 Å². The third-order valence-corrected chi connectivity index (χ3v) is 3.65. The average Bonchev–Trinajstić information content (AvgIpc) is 2.60. The lowest BCUT2D eigenvalue weighted by molar-refractivity contribution is -0.116. The van der Waals surface area contributed by atoms with Crippen molar-refractivity contribution in [3.8, 4) is 0 Å². The fourth-order valence-corrected chi connectivity index (χ4v) is 2.29. The molecule has 1 aromatic rings. The van der Waals surface area contributed by atoms with Gasteiger partial charge in [-0.05, 0) is 24.6 Å². The summed E-state index contributed by atoms with van der Waals surface area (Å²) in [4.78, 5) is 15.7. The van der Waals surface area contributed by atoms with Gasteiger partial charge in [0, 0.05) is 32.0 Å². The number of hydrogen-bond acceptors (Lipinski definition) is 2. The molecular weight excluding hydrogens is 268 g/mol. The van der Waals surface area contributed by atoms with Crippen LogP contribution >= 0.6 is 15.9 Å². The lowest BCUT2D eigenvalue weighted by Crippen LogP contribution is -2.27. The van der Waals surface area contributed by atoms with Crippen molar-refractivity contribution in [3.05, 3.63) is 24.3 Å². The number of nitrogens with zero attached hydrogens (tertiary/aromatic N) is 2. The largest absolute Gasteiger partial charge is 0.378 e. The molecule has 1 aliphatic heterocycles. The van der Waals surface area contributed by atoms with E-state index in [2.05, 4.69) is 15.9 Å². The van der Waals surface area contributed by atoms with Gasteiger partial charge in [0.2, 0.25) is 5.91 Å². The minimum atomic E-state index is -0.0180. The molecule has 1 unspecified atom stereocenters. The summed E-state index contributed by atoms with van der Waals surface area (Å²) in [6.07, 6.45) is 0.880. The molecule has 4 heteroatoms. The number of benzene rings is 1. The van der Waals surface area contributed by atoms with Gasteiger partial charge < -0.3 is 9.80 Å². The molecule has 0 bridgehead atoms. The zero-order valence-corrected chi connectivity index (χ0v) is 11.1. The fraction of sp³-hybridized carbons (Fsp3) is 0.417. The first-order valence-electron chi connectivity index (χ1n) is 5.32. The SMILES string of the molecule is CN(C)c1cccc(N2CCC(Br)C2=O)c1. The van der Waals surface area contributed by atoms with Crippen molar-refractivity contribution in [2.45, 2.75) is 11.2 Å². The number of halogens is 1. The highest BCUT2D eigenvalue weighted by molar-refractivity contribution is 9.10. The van der Waals surface area contributed by atoms with Gasteiger partial charge in [0.1, 0.15) is 0 Å². The van der Waals surface area contributed by atoms with E-state index in [-0.39, 0.29) is 10.7 Å². The maximum atomic E-state index is 11.9. The summed E-state index contributed by atoms with van der Waals surface area (Å²) >= 11 is 3.39. The third-order valence-electron chi connectivity index (χ3n) is 2.80. The van der Waals surface area contributed by atoms with Crippen LogP contribution in [0.25, 0.3) is 0 Å². The van der Waals surface area contributed by atoms with Crippen molar-refractivity contribution in [2.75, 3.05) is 30.4 Å². The highest BCUT2D eigenvalue weighted by Crippen LogP contribution is 2.27. The summed E-state index contributed by atoms with van der Waals surface area (Å²) in [5, 5.41) is 0. The van der Waals surface area contributed by atoms with Gasteiger partial charge in [0.15, 0.2) is 0 Å². The van der Waals surface area contributed by atoms with Crippen LogP contribution in [-0.2, 0) is 4.79 Å². The summed E-state index contributed by atoms with van der Waals surface area (Å²) < 4.78 is 0. The molecule has 0 aliphatic carbocycles. The molecule has 0 spiro atoms. The second-order valence-electron chi connectivity index (χ2n) is 4.16. The molecule has 1 amide bonds. The predicted octanol–water partition coefficient (Wildman–Crippen LogP) is 2.25. The van der Waals surface area contributed by atoms with Crippen molar-refractivity contribution in [1.29, 1.82) is 0 Å². The molecular formula is C12H15BrN2O. The van der Waals surface area contributed by atoms with Gasteiger partial charge in [-0.2, -0.15) is 0 Å². The number of amides is 1. The van der Waals surface area contributed by atoms with Crippen molar-refractivity contribution in [1.82, 2.24) is 0 Å². The van der Waals surface area contributed by atoms with Crippen molar-refractivity contribution in [2.24, 2.45) is 0 Å². The smallest absolute Gasteiger partial charge is 0.240 e. The van der Waals surface area contributed by atoms with Crippen LogP contribution in [0.1, 0.15) is 6.42 Å². The molecule has 0 saturated carbocycles. The van der Waals surface area contributed by atoms with Crippen LogP contribution in [0.3, 0.4) is 0 Å². The monoisotopic (exact) mass is 282 g/mol. The highest BCUT2D eigenvalue weighted by atomic mass is 79.9. The Morgan fingerprint density at radius 3 is 2.75 bits per heavy atom. The van der Waals surface area contributed by atoms with E-state index < -0.39 is 0 Å². The Morgan fingerprint density at radius 1 is 1.44 bits per heavy atom. The van der Waals surface area contributed by atoms with Gasteiger partial charge in [0.25, 0.3) is 0 Å². The second-order valence-corrected chi connectivity index (χ2v) is 5.27. The lowest BCUT2D eigenvalue weighted by atomic mass is 10.2. The summed E-state index contributed by atoms with van der Waals surface area (Å²) in [6, 6.07) is 8.05. The molecule has 16 heavy (non-hydrogen) atoms. The Kier molecular flexibility index (Phi) is 3.19. The molecule has 0 N–H and O–H groups in total. The highest BCUT2D eigenvalue weighted by Gasteiger charge is 2.30. The predicted molar refractivity (Wildman–Crippen MR) is 70.5 cm³/mol. The van der Waals surface area contributed by atoms with Gasteiger partial charge in [0.05, 0.1) is 4.83 Å². The standard InChI is InChI=1S/C12H15BrN2O/c1-14(2)9-4-3-5-10(8-9)15-7-6-11(13)12(15)16/h3-5,8,11H,6-7H2,1-2H3. The van der Waals surface area contributed by atoms with Gasteiger partial charge in [-0.15, -0.1) is 0 Å². The zero-order valence-electron chi connectivity index (χ0n) is 9.48. The Morgan fingerprint density at radius 2 is 2.19 bits per heavy atom. The van der Waals surface area contributed by atoms with E-state index in [0.717, 1.165) is 24.3 Å². The Bertz CT molecular complexity index is 406. The van der Waals surface area contributed by atoms with Crippen LogP contribution in [0.15, 0.2) is 24.3 Å². The first kappa shape index (κ1) is 11.5. The lowest BCUT2D eigenvalue weighted by Gasteiger charge is -2.19. The Labute approximate surface area is 104 Å². The molecule has 1 aromatic carbocycles. The van der Waals surface area contributed by atoms with E-state index in [1.54, 1.807) is 0 Å². The molecule has 1 heterocycles. The quantitative estimate of drug-likeness (QED) is 0.777. The zero-order chi connectivity index (χ0) is 11.7. The Balaban J connectivity index is 2.27. The van der Waals surface area contributed by atoms with Crippen molar-refractivity contribution >= 4 is 33.2 Å². The summed E-state index contributed by atoms with van der Waals surface area (Å²) in [5.74, 6) is 0.163. The first-order valence-corrected chi connectivity index (χ1v) is 6.24. The second kappa shape index (κ2) is 4.45. The molecule has 0 radical (unpaired) electrons. The number of anilines is 2. The maximum absolute atomic E-state index is 11.9. The van der Waals surface area contributed by atoms with Crippen molar-refractivity contribution in [3.63, 3.8) is 0 Å². The average molecular weight is 283 g/mol. The number of hydrogen-bond donors (Lipinski definition) is 0. The molecule has 3 nitrogen and oxygen atoms in total. The molecule has 1 atom stereocenters. The maximum Gasteiger partial charge on any atom is 0.240 e. The third kappa shape index (κ3) is 2.07.